The molecule has 2 fully saturated rings. The molecule has 2 aliphatic heterocycles. The van der Waals surface area contributed by atoms with Gasteiger partial charge in [-0.05, 0) is 0 Å². The van der Waals surface area contributed by atoms with Gasteiger partial charge in [0, 0.05) is 55.6 Å². The lowest BCUT2D eigenvalue weighted by molar-refractivity contribution is -0.360. The van der Waals surface area contributed by atoms with Gasteiger partial charge in [0.15, 0.2) is 43.1 Å². The first kappa shape index (κ1) is 37.3. The van der Waals surface area contributed by atoms with Crippen molar-refractivity contribution in [3.05, 3.63) is 0 Å². The van der Waals surface area contributed by atoms with E-state index in [2.05, 4.69) is 0 Å². The maximum Gasteiger partial charge on any atom is 0.303 e. The zero-order valence-corrected chi connectivity index (χ0v) is 26.0. The number of methoxy groups -OCH3 is 1. The summed E-state index contributed by atoms with van der Waals surface area (Å²) < 4.78 is 60.6. The van der Waals surface area contributed by atoms with Crippen molar-refractivity contribution < 1.29 is 85.7 Å². The van der Waals surface area contributed by atoms with Crippen LogP contribution < -0.4 is 0 Å². The summed E-state index contributed by atoms with van der Waals surface area (Å²) in [4.78, 5) is 84.1. The highest BCUT2D eigenvalue weighted by Gasteiger charge is 2.57. The van der Waals surface area contributed by atoms with E-state index in [-0.39, 0.29) is 0 Å². The molecule has 2 rings (SSSR count). The highest BCUT2D eigenvalue weighted by Crippen LogP contribution is 2.35. The van der Waals surface area contributed by atoms with Crippen molar-refractivity contribution in [3.8, 4) is 0 Å². The summed E-state index contributed by atoms with van der Waals surface area (Å²) in [5.41, 5.74) is 0. The van der Waals surface area contributed by atoms with Crippen LogP contribution in [0.1, 0.15) is 48.5 Å². The average Bonchev–Trinajstić information content (AvgIpc) is 2.90. The standard InChI is InChI=1S/C27H38O18/c1-11(28)36-9-18-21(39-14(4)31)23(24(41-16(6)33)26(35-8)43-18)45-27-25(42-17(7)34)22(40-15(5)32)20(38-13(3)30)19(44-27)10-37-12(2)29/h18-27H,9-10H2,1-8H3/t18-,19-,20-,21-,22+,23+,24-,25-,26-,27+/m1/s1. The number of hydrogen-bond acceptors (Lipinski definition) is 18. The molecule has 2 saturated heterocycles. The molecule has 0 aliphatic carbocycles. The predicted octanol–water partition coefficient (Wildman–Crippen LogP) is -0.747. The van der Waals surface area contributed by atoms with E-state index in [1.54, 1.807) is 0 Å². The monoisotopic (exact) mass is 650 g/mol. The maximum absolute atomic E-state index is 12.2. The molecule has 0 saturated carbocycles. The van der Waals surface area contributed by atoms with E-state index in [4.69, 9.17) is 52.1 Å². The van der Waals surface area contributed by atoms with E-state index in [9.17, 15) is 33.6 Å². The first-order valence-electron chi connectivity index (χ1n) is 13.7. The lowest BCUT2D eigenvalue weighted by atomic mass is 9.96. The second-order valence-corrected chi connectivity index (χ2v) is 9.90. The van der Waals surface area contributed by atoms with E-state index < -0.39 is 116 Å². The van der Waals surface area contributed by atoms with Gasteiger partial charge in [0.2, 0.25) is 0 Å². The molecular formula is C27H38O18. The van der Waals surface area contributed by atoms with E-state index in [0.29, 0.717) is 0 Å². The SMILES string of the molecule is CO[C@@H]1O[C@H](COC(C)=O)[C@@H](OC(C)=O)[C@H](O[C@@H]2O[C@H](COC(C)=O)[C@@H](OC(C)=O)[C@H](OC(C)=O)[C@H]2OC(C)=O)[C@H]1OC(C)=O. The van der Waals surface area contributed by atoms with Crippen LogP contribution in [0.5, 0.6) is 0 Å². The summed E-state index contributed by atoms with van der Waals surface area (Å²) in [6.45, 7) is 6.47. The lowest BCUT2D eigenvalue weighted by Crippen LogP contribution is -2.67. The topological polar surface area (TPSA) is 221 Å². The van der Waals surface area contributed by atoms with Gasteiger partial charge in [0.1, 0.15) is 31.5 Å². The molecule has 2 heterocycles. The van der Waals surface area contributed by atoms with Crippen LogP contribution in [0.4, 0.5) is 0 Å². The van der Waals surface area contributed by atoms with Crippen LogP contribution in [0.15, 0.2) is 0 Å². The molecule has 0 unspecified atom stereocenters. The molecule has 0 N–H and O–H groups in total. The van der Waals surface area contributed by atoms with Crippen molar-refractivity contribution in [3.63, 3.8) is 0 Å². The normalized spacial score (nSPS) is 31.0. The smallest absolute Gasteiger partial charge is 0.303 e. The summed E-state index contributed by atoms with van der Waals surface area (Å²) in [7, 11) is 1.21. The molecular weight excluding hydrogens is 612 g/mol. The van der Waals surface area contributed by atoms with Crippen molar-refractivity contribution in [2.45, 2.75) is 110 Å². The highest BCUT2D eigenvalue weighted by molar-refractivity contribution is 5.69. The molecule has 0 spiro atoms. The Bertz CT molecular complexity index is 1110. The Kier molecular flexibility index (Phi) is 14.1. The van der Waals surface area contributed by atoms with Crippen molar-refractivity contribution in [1.82, 2.24) is 0 Å². The second-order valence-electron chi connectivity index (χ2n) is 9.90. The van der Waals surface area contributed by atoms with Crippen LogP contribution in [0.3, 0.4) is 0 Å². The van der Waals surface area contributed by atoms with Gasteiger partial charge in [0.25, 0.3) is 0 Å². The molecule has 2 aliphatic rings. The van der Waals surface area contributed by atoms with Crippen LogP contribution in [-0.4, -0.2) is 124 Å². The summed E-state index contributed by atoms with van der Waals surface area (Å²) in [5.74, 6) is -5.76. The van der Waals surface area contributed by atoms with E-state index in [1.165, 1.54) is 7.11 Å². The average molecular weight is 651 g/mol. The molecule has 0 bridgehead atoms. The fourth-order valence-corrected chi connectivity index (χ4v) is 4.66. The number of carbonyl (C=O) groups excluding carboxylic acids is 7. The zero-order valence-electron chi connectivity index (χ0n) is 26.0. The molecule has 18 heteroatoms. The minimum Gasteiger partial charge on any atom is -0.463 e. The number of hydrogen-bond donors (Lipinski definition) is 0. The summed E-state index contributed by atoms with van der Waals surface area (Å²) in [6.07, 6.45) is -15.1. The Balaban J connectivity index is 2.70. The maximum atomic E-state index is 12.2. The first-order valence-corrected chi connectivity index (χ1v) is 13.7. The molecule has 10 atom stereocenters. The third kappa shape index (κ3) is 11.2. The second kappa shape index (κ2) is 17.0. The number of rotatable bonds is 12. The van der Waals surface area contributed by atoms with Crippen LogP contribution >= 0.6 is 0 Å². The summed E-state index contributed by atoms with van der Waals surface area (Å²) >= 11 is 0. The molecule has 18 nitrogen and oxygen atoms in total. The van der Waals surface area contributed by atoms with E-state index in [0.717, 1.165) is 48.5 Å². The molecule has 0 radical (unpaired) electrons. The van der Waals surface area contributed by atoms with Crippen LogP contribution in [-0.2, 0) is 85.7 Å². The van der Waals surface area contributed by atoms with E-state index in [1.807, 2.05) is 0 Å². The van der Waals surface area contributed by atoms with Crippen LogP contribution in [0, 0.1) is 0 Å². The minimum absolute atomic E-state index is 0.474. The Labute approximate surface area is 258 Å². The minimum atomic E-state index is -1.77. The van der Waals surface area contributed by atoms with Crippen LogP contribution in [0.2, 0.25) is 0 Å². The van der Waals surface area contributed by atoms with E-state index >= 15 is 0 Å². The third-order valence-electron chi connectivity index (χ3n) is 6.12. The van der Waals surface area contributed by atoms with Gasteiger partial charge in [0.05, 0.1) is 0 Å². The quantitative estimate of drug-likeness (QED) is 0.187. The highest BCUT2D eigenvalue weighted by atomic mass is 16.8. The Morgan fingerprint density at radius 2 is 0.778 bits per heavy atom. The van der Waals surface area contributed by atoms with Gasteiger partial charge in [-0.3, -0.25) is 33.6 Å². The predicted molar refractivity (Wildman–Crippen MR) is 140 cm³/mol. The summed E-state index contributed by atoms with van der Waals surface area (Å²) in [6, 6.07) is 0. The van der Waals surface area contributed by atoms with Crippen LogP contribution in [0.25, 0.3) is 0 Å². The number of carbonyl (C=O) groups is 7. The van der Waals surface area contributed by atoms with Gasteiger partial charge in [-0.25, -0.2) is 0 Å². The lowest BCUT2D eigenvalue weighted by Gasteiger charge is -2.48. The molecule has 45 heavy (non-hydrogen) atoms. The van der Waals surface area contributed by atoms with Crippen molar-refractivity contribution >= 4 is 41.8 Å². The molecule has 0 amide bonds. The van der Waals surface area contributed by atoms with Crippen molar-refractivity contribution in [2.75, 3.05) is 20.3 Å². The first-order chi connectivity index (χ1) is 21.0. The largest absolute Gasteiger partial charge is 0.463 e. The van der Waals surface area contributed by atoms with Crippen molar-refractivity contribution in [2.24, 2.45) is 0 Å². The summed E-state index contributed by atoms with van der Waals surface area (Å²) in [5, 5.41) is 0. The fraction of sp³-hybridized carbons (Fsp3) is 0.741. The molecule has 0 aromatic rings. The molecule has 254 valence electrons. The third-order valence-corrected chi connectivity index (χ3v) is 6.12. The Morgan fingerprint density at radius 1 is 0.444 bits per heavy atom. The van der Waals surface area contributed by atoms with Gasteiger partial charge in [-0.15, -0.1) is 0 Å². The number of ether oxygens (including phenoxy) is 11. The fourth-order valence-electron chi connectivity index (χ4n) is 4.66. The van der Waals surface area contributed by atoms with Gasteiger partial charge in [-0.1, -0.05) is 0 Å². The zero-order chi connectivity index (χ0) is 34.0. The van der Waals surface area contributed by atoms with Crippen molar-refractivity contribution in [1.29, 1.82) is 0 Å². The molecule has 0 aromatic carbocycles. The Morgan fingerprint density at radius 3 is 1.16 bits per heavy atom. The molecule has 0 aromatic heterocycles. The van der Waals surface area contributed by atoms with Gasteiger partial charge in [-0.2, -0.15) is 0 Å². The van der Waals surface area contributed by atoms with Gasteiger partial charge < -0.3 is 52.1 Å². The van der Waals surface area contributed by atoms with Gasteiger partial charge >= 0.3 is 41.8 Å². The Hall–Kier alpha value is -3.87. The number of esters is 7.